The average molecular weight is 525 g/mol. The van der Waals surface area contributed by atoms with E-state index in [1.54, 1.807) is 6.07 Å². The zero-order valence-electron chi connectivity index (χ0n) is 19.9. The van der Waals surface area contributed by atoms with Gasteiger partial charge in [0.15, 0.2) is 5.82 Å². The molecule has 4 heterocycles. The second kappa shape index (κ2) is 10.8. The lowest BCUT2D eigenvalue weighted by Gasteiger charge is -2.45. The van der Waals surface area contributed by atoms with Crippen LogP contribution in [-0.2, 0) is 0 Å². The fourth-order valence-corrected chi connectivity index (χ4v) is 4.12. The topological polar surface area (TPSA) is 140 Å². The lowest BCUT2D eigenvalue weighted by molar-refractivity contribution is -0.149. The average Bonchev–Trinajstić information content (AvgIpc) is 2.87. The molecule has 11 nitrogen and oxygen atoms in total. The molecule has 2 aromatic rings. The molecule has 2 unspecified atom stereocenters. The number of urea groups is 1. The van der Waals surface area contributed by atoms with Crippen LogP contribution in [0.4, 0.5) is 35.3 Å². The van der Waals surface area contributed by atoms with Crippen molar-refractivity contribution >= 4 is 29.3 Å². The van der Waals surface area contributed by atoms with Gasteiger partial charge in [0.25, 0.3) is 5.91 Å². The van der Waals surface area contributed by atoms with E-state index in [0.29, 0.717) is 24.4 Å². The van der Waals surface area contributed by atoms with Crippen LogP contribution in [-0.4, -0.2) is 82.8 Å². The number of nitrogens with zero attached hydrogens (tertiary/aromatic N) is 4. The van der Waals surface area contributed by atoms with Crippen molar-refractivity contribution in [3.8, 4) is 5.75 Å². The summed E-state index contributed by atoms with van der Waals surface area (Å²) in [4.78, 5) is 37.7. The van der Waals surface area contributed by atoms with Gasteiger partial charge in [-0.1, -0.05) is 0 Å². The molecule has 0 spiro atoms. The third-order valence-corrected chi connectivity index (χ3v) is 6.10. The number of piperidine rings is 1. The number of pyridine rings is 2. The number of halogens is 3. The Balaban J connectivity index is 1.54. The minimum absolute atomic E-state index is 0.129. The highest BCUT2D eigenvalue weighted by atomic mass is 19.4. The van der Waals surface area contributed by atoms with Gasteiger partial charge in [0.2, 0.25) is 0 Å². The zero-order chi connectivity index (χ0) is 26.7. The Kier molecular flexibility index (Phi) is 7.68. The SMILES string of the molecule is CC(NC(=O)c1ccc2c(n1)N(C(=O)Nc1ccc(OCC(O)CO)cn1)[C@H]1CCCN2C1)C(F)(F)F. The van der Waals surface area contributed by atoms with Gasteiger partial charge >= 0.3 is 12.2 Å². The Labute approximate surface area is 210 Å². The van der Waals surface area contributed by atoms with E-state index < -0.39 is 36.9 Å². The number of aliphatic hydroxyl groups is 2. The molecule has 0 aliphatic carbocycles. The number of aliphatic hydroxyl groups excluding tert-OH is 2. The number of aromatic nitrogens is 2. The summed E-state index contributed by atoms with van der Waals surface area (Å²) in [6, 6.07) is 3.07. The van der Waals surface area contributed by atoms with Crippen molar-refractivity contribution in [3.05, 3.63) is 36.2 Å². The van der Waals surface area contributed by atoms with Crippen LogP contribution in [0.5, 0.6) is 5.75 Å². The zero-order valence-corrected chi connectivity index (χ0v) is 19.9. The molecule has 4 rings (SSSR count). The van der Waals surface area contributed by atoms with Gasteiger partial charge in [-0.05, 0) is 44.0 Å². The molecule has 2 aromatic heterocycles. The van der Waals surface area contributed by atoms with Crippen LogP contribution in [0.15, 0.2) is 30.5 Å². The maximum Gasteiger partial charge on any atom is 0.408 e. The lowest BCUT2D eigenvalue weighted by atomic mass is 9.99. The Morgan fingerprint density at radius 1 is 1.27 bits per heavy atom. The minimum Gasteiger partial charge on any atom is -0.489 e. The van der Waals surface area contributed by atoms with Crippen molar-refractivity contribution in [3.63, 3.8) is 0 Å². The first-order valence-corrected chi connectivity index (χ1v) is 11.7. The summed E-state index contributed by atoms with van der Waals surface area (Å²) < 4.78 is 44.0. The molecule has 37 heavy (non-hydrogen) atoms. The maximum absolute atomic E-state index is 13.3. The minimum atomic E-state index is -4.61. The Hall–Kier alpha value is -3.65. The van der Waals surface area contributed by atoms with Gasteiger partial charge in [0.05, 0.1) is 24.5 Å². The smallest absolute Gasteiger partial charge is 0.408 e. The van der Waals surface area contributed by atoms with E-state index in [0.717, 1.165) is 19.9 Å². The molecule has 4 N–H and O–H groups in total. The van der Waals surface area contributed by atoms with Gasteiger partial charge in [-0.3, -0.25) is 15.0 Å². The first-order valence-electron chi connectivity index (χ1n) is 11.7. The van der Waals surface area contributed by atoms with Crippen LogP contribution in [0.2, 0.25) is 0 Å². The first-order chi connectivity index (χ1) is 17.6. The van der Waals surface area contributed by atoms with E-state index in [1.165, 1.54) is 29.3 Å². The van der Waals surface area contributed by atoms with Crippen molar-refractivity contribution < 1.29 is 37.7 Å². The molecule has 3 amide bonds. The van der Waals surface area contributed by atoms with Crippen molar-refractivity contribution in [1.29, 1.82) is 0 Å². The number of hydrogen-bond acceptors (Lipinski definition) is 8. The number of ether oxygens (including phenoxy) is 1. The molecule has 0 saturated carbocycles. The fraction of sp³-hybridized carbons (Fsp3) is 0.478. The monoisotopic (exact) mass is 524 g/mol. The van der Waals surface area contributed by atoms with E-state index in [4.69, 9.17) is 9.84 Å². The maximum atomic E-state index is 13.3. The second-order valence-corrected chi connectivity index (χ2v) is 8.84. The Bertz CT molecular complexity index is 1130. The highest BCUT2D eigenvalue weighted by molar-refractivity contribution is 6.04. The van der Waals surface area contributed by atoms with Crippen LogP contribution >= 0.6 is 0 Å². The van der Waals surface area contributed by atoms with Crippen molar-refractivity contribution in [1.82, 2.24) is 15.3 Å². The highest BCUT2D eigenvalue weighted by Gasteiger charge is 2.40. The summed E-state index contributed by atoms with van der Waals surface area (Å²) in [5.74, 6) is -0.295. The summed E-state index contributed by atoms with van der Waals surface area (Å²) in [5, 5.41) is 22.8. The summed E-state index contributed by atoms with van der Waals surface area (Å²) in [6.07, 6.45) is -2.80. The van der Waals surface area contributed by atoms with E-state index in [2.05, 4.69) is 15.3 Å². The largest absolute Gasteiger partial charge is 0.489 e. The summed E-state index contributed by atoms with van der Waals surface area (Å²) in [6.45, 7) is 1.54. The molecular weight excluding hydrogens is 497 g/mol. The molecule has 0 radical (unpaired) electrons. The predicted octanol–water partition coefficient (Wildman–Crippen LogP) is 1.91. The van der Waals surface area contributed by atoms with E-state index >= 15 is 0 Å². The molecular formula is C23H27F3N6O5. The predicted molar refractivity (Wildman–Crippen MR) is 127 cm³/mol. The summed E-state index contributed by atoms with van der Waals surface area (Å²) >= 11 is 0. The molecule has 200 valence electrons. The van der Waals surface area contributed by atoms with Crippen LogP contribution in [0.3, 0.4) is 0 Å². The number of carbonyl (C=O) groups excluding carboxylic acids is 2. The molecule has 2 bridgehead atoms. The second-order valence-electron chi connectivity index (χ2n) is 8.84. The van der Waals surface area contributed by atoms with Gasteiger partial charge in [0, 0.05) is 13.1 Å². The van der Waals surface area contributed by atoms with Gasteiger partial charge in [-0.2, -0.15) is 13.2 Å². The third-order valence-electron chi connectivity index (χ3n) is 6.10. The van der Waals surface area contributed by atoms with Crippen molar-refractivity contribution in [2.75, 3.05) is 41.4 Å². The highest BCUT2D eigenvalue weighted by Crippen LogP contribution is 2.38. The summed E-state index contributed by atoms with van der Waals surface area (Å²) in [5.41, 5.74) is 0.365. The van der Waals surface area contributed by atoms with Crippen molar-refractivity contribution in [2.24, 2.45) is 0 Å². The molecule has 3 atom stereocenters. The molecule has 1 saturated heterocycles. The third kappa shape index (κ3) is 6.02. The van der Waals surface area contributed by atoms with Crippen LogP contribution in [0.1, 0.15) is 30.3 Å². The number of anilines is 3. The number of alkyl halides is 3. The number of rotatable bonds is 7. The number of fused-ring (bicyclic) bond motifs is 4. The first kappa shape index (κ1) is 26.4. The fourth-order valence-electron chi connectivity index (χ4n) is 4.12. The van der Waals surface area contributed by atoms with Crippen LogP contribution in [0.25, 0.3) is 0 Å². The normalized spacial score (nSPS) is 18.5. The van der Waals surface area contributed by atoms with E-state index in [9.17, 15) is 27.9 Å². The molecule has 14 heteroatoms. The van der Waals surface area contributed by atoms with Crippen LogP contribution in [0, 0.1) is 0 Å². The summed E-state index contributed by atoms with van der Waals surface area (Å²) in [7, 11) is 0. The molecule has 1 fully saturated rings. The van der Waals surface area contributed by atoms with E-state index in [-0.39, 0.29) is 30.0 Å². The number of hydrogen-bond donors (Lipinski definition) is 4. The van der Waals surface area contributed by atoms with Gasteiger partial charge in [-0.15, -0.1) is 0 Å². The van der Waals surface area contributed by atoms with E-state index in [1.807, 2.05) is 10.2 Å². The van der Waals surface area contributed by atoms with Gasteiger partial charge in [-0.25, -0.2) is 14.8 Å². The molecule has 2 aliphatic heterocycles. The number of amides is 3. The van der Waals surface area contributed by atoms with Gasteiger partial charge < -0.3 is 25.2 Å². The number of carbonyl (C=O) groups is 2. The Morgan fingerprint density at radius 2 is 2.05 bits per heavy atom. The lowest BCUT2D eigenvalue weighted by Crippen LogP contribution is -2.56. The molecule has 2 aliphatic rings. The van der Waals surface area contributed by atoms with Gasteiger partial charge in [0.1, 0.15) is 36.0 Å². The number of nitrogens with one attached hydrogen (secondary N) is 2. The Morgan fingerprint density at radius 3 is 2.73 bits per heavy atom. The quantitative estimate of drug-likeness (QED) is 0.431. The molecule has 0 aromatic carbocycles. The standard InChI is InChI=1S/C23H27F3N6O5/c1-13(23(24,25)26)28-21(35)17-5-6-18-20(29-17)32(14-3-2-8-31(18)10-14)22(36)30-19-7-4-16(9-27-19)37-12-15(34)11-33/h4-7,9,13-15,33-34H,2-3,8,10-12H2,1H3,(H,28,35)(H,27,30,36)/t13?,14-,15?/m0/s1. The van der Waals surface area contributed by atoms with Crippen LogP contribution < -0.4 is 25.2 Å². The van der Waals surface area contributed by atoms with Crippen molar-refractivity contribution in [2.45, 2.75) is 44.1 Å².